The summed E-state index contributed by atoms with van der Waals surface area (Å²) in [6.07, 6.45) is -5.67. The van der Waals surface area contributed by atoms with E-state index < -0.39 is 28.2 Å². The molecule has 0 aliphatic carbocycles. The van der Waals surface area contributed by atoms with Gasteiger partial charge in [0.2, 0.25) is 0 Å². The molecule has 0 heterocycles. The minimum absolute atomic E-state index is 0.365. The highest BCUT2D eigenvalue weighted by Crippen LogP contribution is 2.21. The molecule has 0 aromatic rings. The summed E-state index contributed by atoms with van der Waals surface area (Å²) >= 11 is 0. The van der Waals surface area contributed by atoms with Crippen LogP contribution in [0.2, 0.25) is 0 Å². The molecule has 0 N–H and O–H groups in total. The van der Waals surface area contributed by atoms with Crippen LogP contribution in [0, 0.1) is 5.75 Å². The molecular weight excluding hydrogens is 193 g/mol. The summed E-state index contributed by atoms with van der Waals surface area (Å²) in [6, 6.07) is 0. The molecular formula is C6H10F3O2S. The van der Waals surface area contributed by atoms with Gasteiger partial charge in [0.05, 0.1) is 11.5 Å². The van der Waals surface area contributed by atoms with Crippen LogP contribution in [0.25, 0.3) is 0 Å². The third kappa shape index (κ3) is 6.45. The molecule has 6 heteroatoms. The first kappa shape index (κ1) is 11.7. The van der Waals surface area contributed by atoms with Crippen molar-refractivity contribution in [2.45, 2.75) is 25.9 Å². The Balaban J connectivity index is 3.73. The second kappa shape index (κ2) is 4.11. The largest absolute Gasteiger partial charge is 0.389 e. The molecule has 1 radical (unpaired) electrons. The lowest BCUT2D eigenvalue weighted by molar-refractivity contribution is -0.134. The van der Waals surface area contributed by atoms with Gasteiger partial charge in [0.25, 0.3) is 0 Å². The molecule has 0 aromatic carbocycles. The van der Waals surface area contributed by atoms with Crippen molar-refractivity contribution in [3.63, 3.8) is 0 Å². The van der Waals surface area contributed by atoms with Crippen molar-refractivity contribution < 1.29 is 21.6 Å². The summed E-state index contributed by atoms with van der Waals surface area (Å²) in [4.78, 5) is 0. The van der Waals surface area contributed by atoms with Gasteiger partial charge < -0.3 is 0 Å². The molecule has 0 fully saturated rings. The van der Waals surface area contributed by atoms with Gasteiger partial charge in [-0.05, 0) is 13.3 Å². The van der Waals surface area contributed by atoms with E-state index in [1.807, 2.05) is 0 Å². The fourth-order valence-electron chi connectivity index (χ4n) is 0.592. The topological polar surface area (TPSA) is 34.1 Å². The first-order valence-electron chi connectivity index (χ1n) is 3.36. The molecule has 0 amide bonds. The molecule has 0 aliphatic rings. The lowest BCUT2D eigenvalue weighted by atomic mass is 10.3. The maximum absolute atomic E-state index is 11.5. The van der Waals surface area contributed by atoms with Crippen LogP contribution in [0.1, 0.15) is 19.8 Å². The first-order valence-corrected chi connectivity index (χ1v) is 5.07. The Labute approximate surface area is 69.7 Å². The highest BCUT2D eigenvalue weighted by atomic mass is 32.2. The van der Waals surface area contributed by atoms with Crippen molar-refractivity contribution in [1.29, 1.82) is 0 Å². The zero-order valence-corrected chi connectivity index (χ0v) is 7.37. The zero-order valence-electron chi connectivity index (χ0n) is 6.56. The molecule has 0 aromatic heterocycles. The number of halogens is 3. The fourth-order valence-corrected chi connectivity index (χ4v) is 1.37. The summed E-state index contributed by atoms with van der Waals surface area (Å²) in [5.41, 5.74) is 0. The van der Waals surface area contributed by atoms with E-state index in [0.29, 0.717) is 0 Å². The summed E-state index contributed by atoms with van der Waals surface area (Å²) in [6.45, 7) is 1.29. The maximum atomic E-state index is 11.5. The first-order chi connectivity index (χ1) is 5.27. The lowest BCUT2D eigenvalue weighted by Gasteiger charge is -2.04. The average molecular weight is 203 g/mol. The maximum Gasteiger partial charge on any atom is 0.389 e. The molecule has 2 nitrogen and oxygen atoms in total. The van der Waals surface area contributed by atoms with E-state index in [-0.39, 0.29) is 6.42 Å². The molecule has 0 saturated carbocycles. The van der Waals surface area contributed by atoms with Gasteiger partial charge in [-0.2, -0.15) is 13.2 Å². The van der Waals surface area contributed by atoms with Gasteiger partial charge in [-0.3, -0.25) is 0 Å². The second-order valence-electron chi connectivity index (χ2n) is 2.32. The van der Waals surface area contributed by atoms with Gasteiger partial charge in [-0.15, -0.1) is 0 Å². The summed E-state index contributed by atoms with van der Waals surface area (Å²) in [7, 11) is -3.37. The molecule has 0 rings (SSSR count). The smallest absolute Gasteiger partial charge is 0.229 e. The van der Waals surface area contributed by atoms with Crippen LogP contribution in [0.3, 0.4) is 0 Å². The number of sulfone groups is 1. The van der Waals surface area contributed by atoms with Crippen LogP contribution >= 0.6 is 0 Å². The van der Waals surface area contributed by atoms with E-state index >= 15 is 0 Å². The Morgan fingerprint density at radius 3 is 2.17 bits per heavy atom. The Kier molecular flexibility index (Phi) is 4.02. The van der Waals surface area contributed by atoms with Gasteiger partial charge in [0.1, 0.15) is 0 Å². The minimum atomic E-state index is -4.26. The van der Waals surface area contributed by atoms with E-state index in [2.05, 4.69) is 0 Å². The van der Waals surface area contributed by atoms with Crippen LogP contribution in [0.4, 0.5) is 13.2 Å². The number of hydrogen-bond donors (Lipinski definition) is 0. The highest BCUT2D eigenvalue weighted by molar-refractivity contribution is 7.93. The van der Waals surface area contributed by atoms with E-state index in [4.69, 9.17) is 0 Å². The second-order valence-corrected chi connectivity index (χ2v) is 4.53. The average Bonchev–Trinajstić information content (AvgIpc) is 1.84. The van der Waals surface area contributed by atoms with Gasteiger partial charge in [-0.1, -0.05) is 0 Å². The molecule has 0 bridgehead atoms. The SMILES string of the molecule is C[CH]S(=O)(=O)CCCC(F)(F)F. The third-order valence-corrected chi connectivity index (χ3v) is 2.82. The molecule has 0 saturated heterocycles. The molecule has 0 aliphatic heterocycles. The van der Waals surface area contributed by atoms with E-state index in [1.165, 1.54) is 6.92 Å². The van der Waals surface area contributed by atoms with Gasteiger partial charge in [0, 0.05) is 6.42 Å². The number of alkyl halides is 3. The molecule has 0 atom stereocenters. The van der Waals surface area contributed by atoms with Crippen molar-refractivity contribution >= 4 is 9.84 Å². The molecule has 12 heavy (non-hydrogen) atoms. The Morgan fingerprint density at radius 2 is 1.83 bits per heavy atom. The highest BCUT2D eigenvalue weighted by Gasteiger charge is 2.27. The Morgan fingerprint density at radius 1 is 1.33 bits per heavy atom. The molecule has 0 unspecified atom stereocenters. The van der Waals surface area contributed by atoms with E-state index in [0.717, 1.165) is 5.75 Å². The van der Waals surface area contributed by atoms with Crippen molar-refractivity contribution in [2.24, 2.45) is 0 Å². The molecule has 73 valence electrons. The number of rotatable bonds is 4. The predicted octanol–water partition coefficient (Wildman–Crippen LogP) is 1.93. The van der Waals surface area contributed by atoms with Gasteiger partial charge in [0.15, 0.2) is 9.84 Å². The summed E-state index contributed by atoms with van der Waals surface area (Å²) in [5.74, 6) is 0.492. The minimum Gasteiger partial charge on any atom is -0.229 e. The predicted molar refractivity (Wildman–Crippen MR) is 39.0 cm³/mol. The third-order valence-electron chi connectivity index (χ3n) is 1.25. The zero-order chi connectivity index (χ0) is 9.83. The quantitative estimate of drug-likeness (QED) is 0.699. The van der Waals surface area contributed by atoms with E-state index in [9.17, 15) is 21.6 Å². The van der Waals surface area contributed by atoms with Crippen LogP contribution in [-0.4, -0.2) is 20.3 Å². The molecule has 0 spiro atoms. The normalized spacial score (nSPS) is 13.3. The van der Waals surface area contributed by atoms with Crippen LogP contribution in [0.5, 0.6) is 0 Å². The number of hydrogen-bond acceptors (Lipinski definition) is 2. The van der Waals surface area contributed by atoms with Gasteiger partial charge >= 0.3 is 6.18 Å². The summed E-state index contributed by atoms with van der Waals surface area (Å²) < 4.78 is 55.9. The van der Waals surface area contributed by atoms with Crippen molar-refractivity contribution in [3.05, 3.63) is 5.75 Å². The summed E-state index contributed by atoms with van der Waals surface area (Å²) in [5, 5.41) is 0. The van der Waals surface area contributed by atoms with Gasteiger partial charge in [-0.25, -0.2) is 8.42 Å². The fraction of sp³-hybridized carbons (Fsp3) is 0.833. The van der Waals surface area contributed by atoms with E-state index in [1.54, 1.807) is 0 Å². The van der Waals surface area contributed by atoms with Crippen LogP contribution in [0.15, 0.2) is 0 Å². The lowest BCUT2D eigenvalue weighted by Crippen LogP contribution is -2.11. The standard InChI is InChI=1S/C6H10F3O2S/c1-2-12(10,11)5-3-4-6(7,8)9/h2H,3-5H2,1H3. The van der Waals surface area contributed by atoms with Crippen molar-refractivity contribution in [1.82, 2.24) is 0 Å². The Bertz CT molecular complexity index is 217. The Hall–Kier alpha value is -0.260. The van der Waals surface area contributed by atoms with Crippen LogP contribution in [-0.2, 0) is 9.84 Å². The van der Waals surface area contributed by atoms with Crippen LogP contribution < -0.4 is 0 Å². The van der Waals surface area contributed by atoms with Crippen molar-refractivity contribution in [3.8, 4) is 0 Å². The van der Waals surface area contributed by atoms with Crippen molar-refractivity contribution in [2.75, 3.05) is 5.75 Å². The monoisotopic (exact) mass is 203 g/mol.